The summed E-state index contributed by atoms with van der Waals surface area (Å²) < 4.78 is 1.56. The molecule has 7 heteroatoms. The van der Waals surface area contributed by atoms with E-state index in [1.807, 2.05) is 0 Å². The fraction of sp³-hybridized carbons (Fsp3) is 0.769. The first-order valence-corrected chi connectivity index (χ1v) is 7.21. The molecule has 2 N–H and O–H groups in total. The minimum absolute atomic E-state index is 0.00704. The van der Waals surface area contributed by atoms with E-state index in [2.05, 4.69) is 27.5 Å². The third-order valence-corrected chi connectivity index (χ3v) is 3.54. The van der Waals surface area contributed by atoms with Gasteiger partial charge in [-0.2, -0.15) is 0 Å². The molecule has 0 aromatic carbocycles. The molecule has 1 atom stereocenters. The van der Waals surface area contributed by atoms with Crippen LogP contribution in [0.25, 0.3) is 0 Å². The summed E-state index contributed by atoms with van der Waals surface area (Å²) in [5, 5.41) is 19.5. The first-order chi connectivity index (χ1) is 9.65. The van der Waals surface area contributed by atoms with Gasteiger partial charge in [-0.25, -0.2) is 4.79 Å². The van der Waals surface area contributed by atoms with Crippen LogP contribution in [0.3, 0.4) is 0 Å². The average Bonchev–Trinajstić information content (AvgIpc) is 3.05. The third-order valence-electron chi connectivity index (χ3n) is 3.54. The lowest BCUT2D eigenvalue weighted by Gasteiger charge is -2.20. The smallest absolute Gasteiger partial charge is 0.358 e. The maximum Gasteiger partial charge on any atom is 0.358 e. The van der Waals surface area contributed by atoms with Crippen LogP contribution in [0.2, 0.25) is 0 Å². The van der Waals surface area contributed by atoms with Crippen LogP contribution < -0.4 is 5.32 Å². The van der Waals surface area contributed by atoms with Crippen LogP contribution in [0.15, 0.2) is 6.20 Å². The molecule has 1 fully saturated rings. The second-order valence-electron chi connectivity index (χ2n) is 5.49. The van der Waals surface area contributed by atoms with Gasteiger partial charge in [0.25, 0.3) is 0 Å². The molecule has 112 valence electrons. The molecule has 1 aromatic heterocycles. The Bertz CT molecular complexity index is 428. The number of carboxylic acids is 1. The fourth-order valence-electron chi connectivity index (χ4n) is 2.52. The molecule has 1 unspecified atom stereocenters. The van der Waals surface area contributed by atoms with Gasteiger partial charge < -0.3 is 15.3 Å². The summed E-state index contributed by atoms with van der Waals surface area (Å²) >= 11 is 0. The molecule has 2 heterocycles. The third kappa shape index (κ3) is 4.57. The van der Waals surface area contributed by atoms with Crippen molar-refractivity contribution in [3.05, 3.63) is 11.9 Å². The van der Waals surface area contributed by atoms with Gasteiger partial charge in [-0.1, -0.05) is 12.1 Å². The van der Waals surface area contributed by atoms with Gasteiger partial charge in [0.05, 0.1) is 12.7 Å². The van der Waals surface area contributed by atoms with Crippen LogP contribution in [-0.2, 0) is 6.54 Å². The highest BCUT2D eigenvalue weighted by molar-refractivity contribution is 5.84. The van der Waals surface area contributed by atoms with Crippen molar-refractivity contribution in [2.24, 2.45) is 5.92 Å². The molecule has 0 spiro atoms. The van der Waals surface area contributed by atoms with Crippen LogP contribution in [0.4, 0.5) is 0 Å². The van der Waals surface area contributed by atoms with Crippen molar-refractivity contribution in [3.63, 3.8) is 0 Å². The molecule has 1 aliphatic heterocycles. The molecular formula is C13H23N5O2. The predicted molar refractivity (Wildman–Crippen MR) is 74.7 cm³/mol. The van der Waals surface area contributed by atoms with Crippen molar-refractivity contribution in [1.82, 2.24) is 25.2 Å². The predicted octanol–water partition coefficient (Wildman–Crippen LogP) is 0.298. The Kier molecular flexibility index (Phi) is 5.49. The van der Waals surface area contributed by atoms with Gasteiger partial charge in [0.1, 0.15) is 0 Å². The summed E-state index contributed by atoms with van der Waals surface area (Å²) in [4.78, 5) is 13.2. The molecule has 0 radical (unpaired) electrons. The highest BCUT2D eigenvalue weighted by Gasteiger charge is 2.14. The molecule has 0 aliphatic carbocycles. The molecule has 0 saturated carbocycles. The molecule has 1 aliphatic rings. The van der Waals surface area contributed by atoms with Crippen LogP contribution >= 0.6 is 0 Å². The number of hydrogen-bond acceptors (Lipinski definition) is 5. The summed E-state index contributed by atoms with van der Waals surface area (Å²) in [6.45, 7) is 8.26. The Labute approximate surface area is 119 Å². The number of nitrogens with zero attached hydrogens (tertiary/aromatic N) is 4. The minimum atomic E-state index is -1.04. The van der Waals surface area contributed by atoms with E-state index in [4.69, 9.17) is 5.11 Å². The van der Waals surface area contributed by atoms with Crippen molar-refractivity contribution in [2.75, 3.05) is 32.7 Å². The van der Waals surface area contributed by atoms with Crippen LogP contribution in [0, 0.1) is 5.92 Å². The highest BCUT2D eigenvalue weighted by Crippen LogP contribution is 2.09. The standard InChI is InChI=1S/C13H23N5O2/c1-11(9-17-5-2-3-6-17)8-14-4-7-18-10-12(13(19)20)15-16-18/h10-11,14H,2-9H2,1H3,(H,19,20). The van der Waals surface area contributed by atoms with E-state index in [1.165, 1.54) is 32.1 Å². The number of aromatic carboxylic acids is 1. The zero-order valence-electron chi connectivity index (χ0n) is 12.0. The topological polar surface area (TPSA) is 83.3 Å². The van der Waals surface area contributed by atoms with E-state index in [9.17, 15) is 4.79 Å². The van der Waals surface area contributed by atoms with Crippen molar-refractivity contribution >= 4 is 5.97 Å². The molecule has 1 aromatic rings. The van der Waals surface area contributed by atoms with Gasteiger partial charge in [0.2, 0.25) is 0 Å². The van der Waals surface area contributed by atoms with Gasteiger partial charge in [0.15, 0.2) is 5.69 Å². The van der Waals surface area contributed by atoms with Crippen molar-refractivity contribution in [1.29, 1.82) is 0 Å². The molecule has 2 rings (SSSR count). The van der Waals surface area contributed by atoms with Crippen molar-refractivity contribution < 1.29 is 9.90 Å². The Morgan fingerprint density at radius 1 is 1.50 bits per heavy atom. The van der Waals surface area contributed by atoms with Crippen LogP contribution in [0.1, 0.15) is 30.3 Å². The van der Waals surface area contributed by atoms with Crippen LogP contribution in [-0.4, -0.2) is 63.7 Å². The van der Waals surface area contributed by atoms with Gasteiger partial charge in [-0.05, 0) is 38.4 Å². The molecule has 7 nitrogen and oxygen atoms in total. The average molecular weight is 281 g/mol. The van der Waals surface area contributed by atoms with E-state index in [-0.39, 0.29) is 5.69 Å². The number of rotatable bonds is 8. The van der Waals surface area contributed by atoms with E-state index in [1.54, 1.807) is 4.68 Å². The molecule has 1 saturated heterocycles. The maximum atomic E-state index is 10.7. The lowest BCUT2D eigenvalue weighted by Crippen LogP contribution is -2.32. The molecule has 0 amide bonds. The van der Waals surface area contributed by atoms with E-state index < -0.39 is 5.97 Å². The summed E-state index contributed by atoms with van der Waals surface area (Å²) in [6, 6.07) is 0. The van der Waals surface area contributed by atoms with E-state index >= 15 is 0 Å². The summed E-state index contributed by atoms with van der Waals surface area (Å²) in [5.74, 6) is -0.415. The Hall–Kier alpha value is -1.47. The molecular weight excluding hydrogens is 258 g/mol. The summed E-state index contributed by atoms with van der Waals surface area (Å²) in [5.41, 5.74) is -0.00704. The first-order valence-electron chi connectivity index (χ1n) is 7.21. The van der Waals surface area contributed by atoms with Gasteiger partial charge in [-0.3, -0.25) is 4.68 Å². The number of likely N-dealkylation sites (tertiary alicyclic amines) is 1. The quantitative estimate of drug-likeness (QED) is 0.667. The second-order valence-corrected chi connectivity index (χ2v) is 5.49. The zero-order valence-corrected chi connectivity index (χ0v) is 12.0. The largest absolute Gasteiger partial charge is 0.476 e. The maximum absolute atomic E-state index is 10.7. The lowest BCUT2D eigenvalue weighted by molar-refractivity contribution is 0.0690. The SMILES string of the molecule is CC(CNCCn1cc(C(=O)O)nn1)CN1CCCC1. The lowest BCUT2D eigenvalue weighted by atomic mass is 10.1. The normalized spacial score (nSPS) is 17.4. The van der Waals surface area contributed by atoms with E-state index in [0.29, 0.717) is 12.5 Å². The number of carboxylic acid groups (broad SMARTS) is 1. The summed E-state index contributed by atoms with van der Waals surface area (Å²) in [7, 11) is 0. The Morgan fingerprint density at radius 3 is 2.90 bits per heavy atom. The number of aromatic nitrogens is 3. The van der Waals surface area contributed by atoms with Gasteiger partial charge in [0, 0.05) is 13.1 Å². The molecule has 0 bridgehead atoms. The monoisotopic (exact) mass is 281 g/mol. The Morgan fingerprint density at radius 2 is 2.25 bits per heavy atom. The van der Waals surface area contributed by atoms with Crippen LogP contribution in [0.5, 0.6) is 0 Å². The van der Waals surface area contributed by atoms with Crippen molar-refractivity contribution in [3.8, 4) is 0 Å². The Balaban J connectivity index is 1.59. The first kappa shape index (κ1) is 14.9. The molecule has 20 heavy (non-hydrogen) atoms. The van der Waals surface area contributed by atoms with Gasteiger partial charge >= 0.3 is 5.97 Å². The number of carbonyl (C=O) groups is 1. The number of hydrogen-bond donors (Lipinski definition) is 2. The summed E-state index contributed by atoms with van der Waals surface area (Å²) in [6.07, 6.45) is 4.12. The number of nitrogens with one attached hydrogen (secondary N) is 1. The van der Waals surface area contributed by atoms with Crippen molar-refractivity contribution in [2.45, 2.75) is 26.3 Å². The van der Waals surface area contributed by atoms with Gasteiger partial charge in [-0.15, -0.1) is 5.10 Å². The zero-order chi connectivity index (χ0) is 14.4. The van der Waals surface area contributed by atoms with E-state index in [0.717, 1.165) is 19.6 Å². The minimum Gasteiger partial charge on any atom is -0.476 e. The second kappa shape index (κ2) is 7.35. The fourth-order valence-corrected chi connectivity index (χ4v) is 2.52. The highest BCUT2D eigenvalue weighted by atomic mass is 16.4.